The van der Waals surface area contributed by atoms with Gasteiger partial charge in [0.05, 0.1) is 6.42 Å². The number of hydrogen-bond donors (Lipinski definition) is 3. The van der Waals surface area contributed by atoms with Crippen LogP contribution in [-0.2, 0) is 43.4 Å². The molecule has 0 aliphatic rings. The van der Waals surface area contributed by atoms with E-state index in [1.807, 2.05) is 60.7 Å². The number of amidine groups is 1. The van der Waals surface area contributed by atoms with Crippen LogP contribution in [0.5, 0.6) is 0 Å². The minimum absolute atomic E-state index is 0.0387. The maximum absolute atomic E-state index is 14.0. The van der Waals surface area contributed by atoms with E-state index in [1.165, 1.54) is 0 Å². The smallest absolute Gasteiger partial charge is 0.435 e. The number of amides is 3. The molecular formula is C35H41FN4O6. The number of esters is 1. The second-order valence-corrected chi connectivity index (χ2v) is 11.7. The maximum Gasteiger partial charge on any atom is 0.435 e. The summed E-state index contributed by atoms with van der Waals surface area (Å²) < 4.78 is 24.5. The van der Waals surface area contributed by atoms with E-state index in [1.54, 1.807) is 45.0 Å². The van der Waals surface area contributed by atoms with Crippen LogP contribution in [0.2, 0.25) is 0 Å². The maximum atomic E-state index is 14.0. The van der Waals surface area contributed by atoms with Crippen LogP contribution in [0.3, 0.4) is 0 Å². The summed E-state index contributed by atoms with van der Waals surface area (Å²) in [4.78, 5) is 54.3. The highest BCUT2D eigenvalue weighted by Gasteiger charge is 2.29. The van der Waals surface area contributed by atoms with Crippen LogP contribution < -0.4 is 16.4 Å². The normalized spacial score (nSPS) is 12.8. The van der Waals surface area contributed by atoms with Crippen molar-refractivity contribution in [3.05, 3.63) is 107 Å². The van der Waals surface area contributed by atoms with Crippen molar-refractivity contribution in [1.82, 2.24) is 10.6 Å². The van der Waals surface area contributed by atoms with Crippen LogP contribution in [0.25, 0.3) is 0 Å². The number of hydrogen-bond acceptors (Lipinski definition) is 6. The van der Waals surface area contributed by atoms with Gasteiger partial charge >= 0.3 is 12.1 Å². The van der Waals surface area contributed by atoms with E-state index in [0.29, 0.717) is 24.0 Å². The van der Waals surface area contributed by atoms with E-state index in [-0.39, 0.29) is 25.4 Å². The van der Waals surface area contributed by atoms with Gasteiger partial charge in [-0.15, -0.1) is 0 Å². The Morgan fingerprint density at radius 1 is 0.848 bits per heavy atom. The van der Waals surface area contributed by atoms with Crippen molar-refractivity contribution in [3.63, 3.8) is 0 Å². The molecular weight excluding hydrogens is 591 g/mol. The zero-order chi connectivity index (χ0) is 33.5. The molecule has 0 saturated heterocycles. The van der Waals surface area contributed by atoms with Gasteiger partial charge in [-0.05, 0) is 50.3 Å². The number of carbonyl (C=O) groups excluding carboxylic acids is 4. The molecule has 0 bridgehead atoms. The van der Waals surface area contributed by atoms with E-state index in [0.717, 1.165) is 11.1 Å². The lowest BCUT2D eigenvalue weighted by Crippen LogP contribution is -2.50. The van der Waals surface area contributed by atoms with Gasteiger partial charge in [-0.1, -0.05) is 84.9 Å². The highest BCUT2D eigenvalue weighted by molar-refractivity contribution is 6.02. The molecule has 11 heteroatoms. The minimum atomic E-state index is -1.45. The zero-order valence-corrected chi connectivity index (χ0v) is 26.3. The fraction of sp³-hybridized carbons (Fsp3) is 0.343. The Balaban J connectivity index is 1.54. The highest BCUT2D eigenvalue weighted by Crippen LogP contribution is 2.18. The molecule has 0 spiro atoms. The first-order valence-electron chi connectivity index (χ1n) is 15.0. The van der Waals surface area contributed by atoms with Crippen LogP contribution in [0.1, 0.15) is 55.9 Å². The zero-order valence-electron chi connectivity index (χ0n) is 26.3. The lowest BCUT2D eigenvalue weighted by atomic mass is 9.95. The third-order valence-electron chi connectivity index (χ3n) is 6.75. The first-order valence-corrected chi connectivity index (χ1v) is 15.0. The van der Waals surface area contributed by atoms with Crippen molar-refractivity contribution in [2.75, 3.05) is 6.67 Å². The molecule has 0 aromatic heterocycles. The summed E-state index contributed by atoms with van der Waals surface area (Å²) in [6.45, 7) is 4.15. The number of ether oxygens (including phenoxy) is 2. The first-order chi connectivity index (χ1) is 21.9. The largest absolute Gasteiger partial charge is 0.460 e. The Labute approximate surface area is 268 Å². The Bertz CT molecular complexity index is 1470. The van der Waals surface area contributed by atoms with Gasteiger partial charge in [0.25, 0.3) is 0 Å². The van der Waals surface area contributed by atoms with Crippen LogP contribution in [0.4, 0.5) is 9.18 Å². The summed E-state index contributed by atoms with van der Waals surface area (Å²) in [5, 5.41) is 5.08. The highest BCUT2D eigenvalue weighted by atomic mass is 19.1. The fourth-order valence-electron chi connectivity index (χ4n) is 4.38. The van der Waals surface area contributed by atoms with E-state index in [9.17, 15) is 23.6 Å². The van der Waals surface area contributed by atoms with E-state index >= 15 is 0 Å². The molecule has 0 aliphatic carbocycles. The number of halogens is 1. The third-order valence-corrected chi connectivity index (χ3v) is 6.75. The van der Waals surface area contributed by atoms with Crippen LogP contribution in [0, 0.1) is 5.92 Å². The van der Waals surface area contributed by atoms with Crippen LogP contribution in [-0.4, -0.2) is 48.0 Å². The lowest BCUT2D eigenvalue weighted by molar-refractivity contribution is -0.157. The number of aryl methyl sites for hydroxylation is 1. The summed E-state index contributed by atoms with van der Waals surface area (Å²) in [7, 11) is 0. The van der Waals surface area contributed by atoms with Crippen molar-refractivity contribution in [2.24, 2.45) is 16.6 Å². The second kappa shape index (κ2) is 17.4. The van der Waals surface area contributed by atoms with Gasteiger partial charge in [0, 0.05) is 18.0 Å². The molecule has 0 fully saturated rings. The summed E-state index contributed by atoms with van der Waals surface area (Å²) in [6.07, 6.45) is -0.224. The van der Waals surface area contributed by atoms with Gasteiger partial charge in [0.1, 0.15) is 30.8 Å². The number of carbonyl (C=O) groups is 4. The number of alkyl halides is 1. The van der Waals surface area contributed by atoms with Crippen LogP contribution in [0.15, 0.2) is 89.9 Å². The Kier molecular flexibility index (Phi) is 13.4. The summed E-state index contributed by atoms with van der Waals surface area (Å²) in [5.41, 5.74) is 8.13. The average Bonchev–Trinajstić information content (AvgIpc) is 3.03. The molecule has 0 heterocycles. The van der Waals surface area contributed by atoms with Crippen molar-refractivity contribution in [2.45, 2.75) is 64.8 Å². The van der Waals surface area contributed by atoms with E-state index in [4.69, 9.17) is 15.2 Å². The molecule has 3 aromatic carbocycles. The minimum Gasteiger partial charge on any atom is -0.460 e. The lowest BCUT2D eigenvalue weighted by Gasteiger charge is -2.23. The predicted molar refractivity (Wildman–Crippen MR) is 172 cm³/mol. The monoisotopic (exact) mass is 632 g/mol. The molecule has 2 atom stereocenters. The molecule has 0 saturated carbocycles. The Hall–Kier alpha value is -5.06. The first kappa shape index (κ1) is 35.4. The third kappa shape index (κ3) is 12.5. The number of nitrogens with one attached hydrogen (secondary N) is 2. The van der Waals surface area contributed by atoms with Crippen molar-refractivity contribution >= 4 is 29.7 Å². The fourth-order valence-corrected chi connectivity index (χ4v) is 4.38. The van der Waals surface area contributed by atoms with E-state index < -0.39 is 48.1 Å². The van der Waals surface area contributed by atoms with Gasteiger partial charge < -0.3 is 25.8 Å². The molecule has 46 heavy (non-hydrogen) atoms. The molecule has 4 N–H and O–H groups in total. The number of nitrogens with two attached hydrogens (primary N) is 1. The summed E-state index contributed by atoms with van der Waals surface area (Å²) in [6, 6.07) is 23.7. The van der Waals surface area contributed by atoms with E-state index in [2.05, 4.69) is 15.6 Å². The van der Waals surface area contributed by atoms with Gasteiger partial charge in [-0.3, -0.25) is 14.4 Å². The Morgan fingerprint density at radius 2 is 1.46 bits per heavy atom. The summed E-state index contributed by atoms with van der Waals surface area (Å²) >= 11 is 0. The van der Waals surface area contributed by atoms with Gasteiger partial charge in [0.15, 0.2) is 0 Å². The predicted octanol–water partition coefficient (Wildman–Crippen LogP) is 4.78. The molecule has 0 radical (unpaired) electrons. The van der Waals surface area contributed by atoms with Gasteiger partial charge in [-0.2, -0.15) is 4.99 Å². The number of rotatable bonds is 14. The molecule has 10 nitrogen and oxygen atoms in total. The van der Waals surface area contributed by atoms with Crippen LogP contribution >= 0.6 is 0 Å². The van der Waals surface area contributed by atoms with Gasteiger partial charge in [0.2, 0.25) is 11.8 Å². The second-order valence-electron chi connectivity index (χ2n) is 11.7. The van der Waals surface area contributed by atoms with Gasteiger partial charge in [-0.25, -0.2) is 9.18 Å². The van der Waals surface area contributed by atoms with Crippen molar-refractivity contribution in [3.8, 4) is 0 Å². The topological polar surface area (TPSA) is 149 Å². The standard InChI is InChI=1S/C35H41FN4O6/c1-35(2,3)46-30(41)20-28(19-14-24-10-6-4-7-11-24)32(42)39-29(21-36)33(43)38-22-25-15-17-27(18-16-25)31(37)40-34(44)45-23-26-12-8-5-9-13-26/h4-13,15-18,28-29H,14,19-23H2,1-3H3,(H,38,43)(H,39,42)(H2,37,40,44)/t28-,29?/m0/s1. The number of nitrogens with zero attached hydrogens (tertiary/aromatic N) is 1. The average molecular weight is 633 g/mol. The van der Waals surface area contributed by atoms with Crippen molar-refractivity contribution < 1.29 is 33.0 Å². The molecule has 244 valence electrons. The van der Waals surface area contributed by atoms with Crippen molar-refractivity contribution in [1.29, 1.82) is 0 Å². The number of aliphatic imine (C=N–C) groups is 1. The Morgan fingerprint density at radius 3 is 2.04 bits per heavy atom. The molecule has 3 amide bonds. The molecule has 1 unspecified atom stereocenters. The quantitative estimate of drug-likeness (QED) is 0.132. The molecule has 3 rings (SSSR count). The molecule has 0 aliphatic heterocycles. The SMILES string of the molecule is CC(C)(C)OC(=O)C[C@H](CCc1ccccc1)C(=O)NC(CF)C(=O)NCc1ccc(C(N)=NC(=O)OCc2ccccc2)cc1. The molecule has 3 aromatic rings. The number of benzene rings is 3. The summed E-state index contributed by atoms with van der Waals surface area (Å²) in [5.74, 6) is -2.75.